The summed E-state index contributed by atoms with van der Waals surface area (Å²) in [6, 6.07) is 2.82. The van der Waals surface area contributed by atoms with Crippen molar-refractivity contribution in [3.05, 3.63) is 45.3 Å². The normalized spacial score (nSPS) is 18.4. The Morgan fingerprint density at radius 2 is 1.97 bits per heavy atom. The summed E-state index contributed by atoms with van der Waals surface area (Å²) in [4.78, 5) is 50.3. The smallest absolute Gasteiger partial charge is 0.274 e. The van der Waals surface area contributed by atoms with Gasteiger partial charge in [-0.15, -0.1) is 0 Å². The van der Waals surface area contributed by atoms with Crippen LogP contribution in [0, 0.1) is 12.8 Å². The Morgan fingerprint density at radius 1 is 1.19 bits per heavy atom. The second-order valence-corrected chi connectivity index (χ2v) is 9.11. The van der Waals surface area contributed by atoms with E-state index in [2.05, 4.69) is 18.9 Å². The zero-order valence-corrected chi connectivity index (χ0v) is 19.2. The third-order valence-corrected chi connectivity index (χ3v) is 6.31. The highest BCUT2D eigenvalue weighted by atomic mass is 16.2. The van der Waals surface area contributed by atoms with Crippen molar-refractivity contribution < 1.29 is 9.59 Å². The molecule has 1 atom stereocenters. The summed E-state index contributed by atoms with van der Waals surface area (Å²) < 4.78 is 1.17. The summed E-state index contributed by atoms with van der Waals surface area (Å²) in [5, 5.41) is 4.08. The predicted octanol–water partition coefficient (Wildman–Crippen LogP) is 1.83. The molecule has 32 heavy (non-hydrogen) atoms. The number of aromatic nitrogens is 4. The van der Waals surface area contributed by atoms with Gasteiger partial charge in [0.2, 0.25) is 5.91 Å². The van der Waals surface area contributed by atoms with Gasteiger partial charge in [0.05, 0.1) is 0 Å². The first kappa shape index (κ1) is 22.1. The Balaban J connectivity index is 1.56. The van der Waals surface area contributed by atoms with Gasteiger partial charge in [-0.25, -0.2) is 14.6 Å². The number of fused-ring (bicyclic) bond motifs is 1. The maximum absolute atomic E-state index is 12.9. The van der Waals surface area contributed by atoms with Crippen LogP contribution in [0.2, 0.25) is 0 Å². The van der Waals surface area contributed by atoms with E-state index in [1.807, 2.05) is 11.8 Å². The van der Waals surface area contributed by atoms with Crippen molar-refractivity contribution in [2.75, 3.05) is 24.5 Å². The molecule has 0 bridgehead atoms. The van der Waals surface area contributed by atoms with Gasteiger partial charge in [0.1, 0.15) is 17.3 Å². The van der Waals surface area contributed by atoms with Gasteiger partial charge in [-0.1, -0.05) is 13.8 Å². The monoisotopic (exact) mass is 438 g/mol. The van der Waals surface area contributed by atoms with Crippen molar-refractivity contribution in [2.24, 2.45) is 13.0 Å². The van der Waals surface area contributed by atoms with Crippen molar-refractivity contribution in [1.29, 1.82) is 0 Å². The summed E-state index contributed by atoms with van der Waals surface area (Å²) in [6.45, 7) is 8.00. The number of nitrogens with zero attached hydrogens (tertiary/aromatic N) is 6. The molecule has 2 aliphatic rings. The van der Waals surface area contributed by atoms with Crippen LogP contribution in [0.3, 0.4) is 0 Å². The minimum absolute atomic E-state index is 0.000501. The fourth-order valence-electron chi connectivity index (χ4n) is 4.34. The second-order valence-electron chi connectivity index (χ2n) is 9.11. The van der Waals surface area contributed by atoms with Crippen LogP contribution in [0.1, 0.15) is 66.6 Å². The maximum Gasteiger partial charge on any atom is 0.274 e. The van der Waals surface area contributed by atoms with Crippen molar-refractivity contribution in [3.8, 4) is 0 Å². The summed E-state index contributed by atoms with van der Waals surface area (Å²) in [6.07, 6.45) is 2.83. The van der Waals surface area contributed by atoms with Crippen molar-refractivity contribution in [3.63, 3.8) is 0 Å². The lowest BCUT2D eigenvalue weighted by molar-refractivity contribution is -0.119. The van der Waals surface area contributed by atoms with Crippen molar-refractivity contribution in [2.45, 2.75) is 52.4 Å². The average molecular weight is 439 g/mol. The number of amides is 2. The highest BCUT2D eigenvalue weighted by Crippen LogP contribution is 2.32. The molecule has 4 heterocycles. The highest BCUT2D eigenvalue weighted by Gasteiger charge is 2.33. The van der Waals surface area contributed by atoms with Crippen LogP contribution in [0.25, 0.3) is 0 Å². The molecule has 4 rings (SSSR count). The van der Waals surface area contributed by atoms with Crippen LogP contribution < -0.4 is 10.5 Å². The zero-order valence-electron chi connectivity index (χ0n) is 19.2. The number of hydrogen-bond donors (Lipinski definition) is 0. The fourth-order valence-corrected chi connectivity index (χ4v) is 4.34. The van der Waals surface area contributed by atoms with E-state index < -0.39 is 0 Å². The molecule has 0 saturated carbocycles. The van der Waals surface area contributed by atoms with Gasteiger partial charge in [-0.3, -0.25) is 19.3 Å². The molecule has 9 nitrogen and oxygen atoms in total. The Morgan fingerprint density at radius 3 is 2.69 bits per heavy atom. The van der Waals surface area contributed by atoms with Gasteiger partial charge in [0.25, 0.3) is 11.5 Å². The van der Waals surface area contributed by atoms with E-state index in [1.165, 1.54) is 23.9 Å². The van der Waals surface area contributed by atoms with E-state index in [0.717, 1.165) is 29.9 Å². The molecular weight excluding hydrogens is 408 g/mol. The van der Waals surface area contributed by atoms with E-state index in [9.17, 15) is 14.4 Å². The van der Waals surface area contributed by atoms with Crippen LogP contribution in [0.5, 0.6) is 0 Å². The minimum atomic E-state index is -0.254. The standard InChI is InChI=1S/C23H30N6O3/c1-14(2)9-12-29-20(31)7-5-17-15(3)24-21(25-22(17)29)16-10-11-28(13-16)23(32)18-6-8-19(30)27(4)26-18/h6,8,14,16H,5,7,9-13H2,1-4H3. The number of hydrogen-bond acceptors (Lipinski definition) is 6. The largest absolute Gasteiger partial charge is 0.336 e. The molecule has 0 radical (unpaired) electrons. The molecule has 0 aromatic carbocycles. The van der Waals surface area contributed by atoms with E-state index in [0.29, 0.717) is 44.2 Å². The van der Waals surface area contributed by atoms with Gasteiger partial charge in [-0.05, 0) is 38.2 Å². The first-order chi connectivity index (χ1) is 15.2. The molecule has 2 aromatic heterocycles. The molecule has 9 heteroatoms. The number of rotatable bonds is 5. The summed E-state index contributed by atoms with van der Waals surface area (Å²) in [5.41, 5.74) is 1.96. The maximum atomic E-state index is 12.9. The van der Waals surface area contributed by atoms with Gasteiger partial charge < -0.3 is 4.90 Å². The van der Waals surface area contributed by atoms with Crippen molar-refractivity contribution in [1.82, 2.24) is 24.6 Å². The summed E-state index contributed by atoms with van der Waals surface area (Å²) >= 11 is 0. The summed E-state index contributed by atoms with van der Waals surface area (Å²) in [5.74, 6) is 1.84. The van der Waals surface area contributed by atoms with Crippen LogP contribution >= 0.6 is 0 Å². The lowest BCUT2D eigenvalue weighted by Gasteiger charge is -2.30. The average Bonchev–Trinajstić information content (AvgIpc) is 3.24. The molecule has 2 aromatic rings. The molecule has 2 amide bonds. The first-order valence-electron chi connectivity index (χ1n) is 11.3. The van der Waals surface area contributed by atoms with Gasteiger partial charge in [0, 0.05) is 56.3 Å². The number of carbonyl (C=O) groups is 2. The van der Waals surface area contributed by atoms with Gasteiger partial charge >= 0.3 is 0 Å². The van der Waals surface area contributed by atoms with Gasteiger partial charge in [-0.2, -0.15) is 5.10 Å². The molecule has 1 fully saturated rings. The molecular formula is C23H30N6O3. The first-order valence-corrected chi connectivity index (χ1v) is 11.3. The lowest BCUT2D eigenvalue weighted by atomic mass is 10.0. The third kappa shape index (κ3) is 4.28. The quantitative estimate of drug-likeness (QED) is 0.706. The van der Waals surface area contributed by atoms with E-state index in [-0.39, 0.29) is 29.0 Å². The number of aryl methyl sites for hydroxylation is 2. The molecule has 2 aliphatic heterocycles. The molecule has 170 valence electrons. The second kappa shape index (κ2) is 8.80. The predicted molar refractivity (Wildman–Crippen MR) is 120 cm³/mol. The summed E-state index contributed by atoms with van der Waals surface area (Å²) in [7, 11) is 1.53. The molecule has 0 aliphatic carbocycles. The zero-order chi connectivity index (χ0) is 23.0. The third-order valence-electron chi connectivity index (χ3n) is 6.31. The number of anilines is 1. The van der Waals surface area contributed by atoms with Crippen molar-refractivity contribution >= 4 is 17.6 Å². The molecule has 0 N–H and O–H groups in total. The van der Waals surface area contributed by atoms with E-state index >= 15 is 0 Å². The number of carbonyl (C=O) groups excluding carboxylic acids is 2. The Bertz CT molecular complexity index is 1110. The molecule has 1 unspecified atom stereocenters. The topological polar surface area (TPSA) is 101 Å². The Hall–Kier alpha value is -3.10. The molecule has 1 saturated heterocycles. The van der Waals surface area contributed by atoms with E-state index in [1.54, 1.807) is 4.90 Å². The van der Waals surface area contributed by atoms with Gasteiger partial charge in [0.15, 0.2) is 0 Å². The highest BCUT2D eigenvalue weighted by molar-refractivity contribution is 5.95. The molecule has 0 spiro atoms. The van der Waals surface area contributed by atoms with Crippen LogP contribution in [-0.4, -0.2) is 56.1 Å². The fraction of sp³-hybridized carbons (Fsp3) is 0.565. The Labute approximate surface area is 187 Å². The van der Waals surface area contributed by atoms with Crippen LogP contribution in [0.15, 0.2) is 16.9 Å². The number of likely N-dealkylation sites (tertiary alicyclic amines) is 1. The van der Waals surface area contributed by atoms with E-state index in [4.69, 9.17) is 9.97 Å². The van der Waals surface area contributed by atoms with Crippen LogP contribution in [-0.2, 0) is 18.3 Å². The minimum Gasteiger partial charge on any atom is -0.336 e. The van der Waals surface area contributed by atoms with Crippen LogP contribution in [0.4, 0.5) is 5.82 Å². The Kier molecular flexibility index (Phi) is 6.08. The lowest BCUT2D eigenvalue weighted by Crippen LogP contribution is -2.38. The SMILES string of the molecule is Cc1nc(C2CCN(C(=O)c3ccc(=O)n(C)n3)C2)nc2c1CCC(=O)N2CCC(C)C.